The Morgan fingerprint density at radius 3 is 3.00 bits per heavy atom. The zero-order chi connectivity index (χ0) is 12.5. The van der Waals surface area contributed by atoms with E-state index in [1.165, 1.54) is 11.3 Å². The Hall–Kier alpha value is -1.13. The van der Waals surface area contributed by atoms with Crippen molar-refractivity contribution in [3.05, 3.63) is 24.0 Å². The maximum atomic E-state index is 5.10. The van der Waals surface area contributed by atoms with Crippen molar-refractivity contribution in [1.82, 2.24) is 10.3 Å². The number of hydrogen-bond donors (Lipinski definition) is 1. The summed E-state index contributed by atoms with van der Waals surface area (Å²) in [4.78, 5) is 6.39. The lowest BCUT2D eigenvalue weighted by Crippen LogP contribution is -2.24. The fraction of sp³-hybridized carbons (Fsp3) is 0.615. The minimum absolute atomic E-state index is 0.737. The first kappa shape index (κ1) is 13.9. The van der Waals surface area contributed by atoms with Crippen molar-refractivity contribution >= 4 is 5.69 Å². The van der Waals surface area contributed by atoms with E-state index in [0.717, 1.165) is 32.7 Å². The molecule has 0 aliphatic rings. The molecule has 1 N–H and O–H groups in total. The van der Waals surface area contributed by atoms with Gasteiger partial charge >= 0.3 is 0 Å². The van der Waals surface area contributed by atoms with Crippen LogP contribution < -0.4 is 10.2 Å². The highest BCUT2D eigenvalue weighted by Gasteiger charge is 2.06. The first-order valence-corrected chi connectivity index (χ1v) is 6.13. The molecule has 1 aromatic rings. The van der Waals surface area contributed by atoms with Crippen LogP contribution >= 0.6 is 0 Å². The molecule has 0 spiro atoms. The van der Waals surface area contributed by atoms with Crippen LogP contribution in [0, 0.1) is 0 Å². The standard InChI is InChI=1S/C13H23N3O/c1-4-6-14-10-12-11-15-7-5-13(12)16(2)8-9-17-3/h5,7,11,14H,4,6,8-10H2,1-3H3. The van der Waals surface area contributed by atoms with E-state index in [0.29, 0.717) is 0 Å². The Morgan fingerprint density at radius 1 is 1.47 bits per heavy atom. The summed E-state index contributed by atoms with van der Waals surface area (Å²) in [6.07, 6.45) is 4.92. The molecule has 0 unspecified atom stereocenters. The molecule has 0 aromatic carbocycles. The van der Waals surface area contributed by atoms with E-state index in [1.807, 2.05) is 12.4 Å². The van der Waals surface area contributed by atoms with Gasteiger partial charge in [-0.2, -0.15) is 0 Å². The third-order valence-electron chi connectivity index (χ3n) is 2.66. The van der Waals surface area contributed by atoms with Crippen molar-refractivity contribution in [2.75, 3.05) is 38.8 Å². The van der Waals surface area contributed by atoms with Gasteiger partial charge in [0.15, 0.2) is 0 Å². The van der Waals surface area contributed by atoms with Crippen molar-refractivity contribution in [1.29, 1.82) is 0 Å². The topological polar surface area (TPSA) is 37.4 Å². The van der Waals surface area contributed by atoms with Gasteiger partial charge in [0.2, 0.25) is 0 Å². The molecule has 0 saturated carbocycles. The summed E-state index contributed by atoms with van der Waals surface area (Å²) in [5.41, 5.74) is 2.46. The van der Waals surface area contributed by atoms with E-state index >= 15 is 0 Å². The summed E-state index contributed by atoms with van der Waals surface area (Å²) < 4.78 is 5.10. The fourth-order valence-electron chi connectivity index (χ4n) is 1.68. The van der Waals surface area contributed by atoms with Crippen LogP contribution in [-0.4, -0.2) is 38.8 Å². The van der Waals surface area contributed by atoms with Crippen LogP contribution in [0.4, 0.5) is 5.69 Å². The highest BCUT2D eigenvalue weighted by Crippen LogP contribution is 2.17. The molecule has 1 rings (SSSR count). The molecule has 0 atom stereocenters. The second kappa shape index (κ2) is 8.03. The molecule has 1 aromatic heterocycles. The molecule has 0 radical (unpaired) electrons. The Balaban J connectivity index is 2.62. The molecule has 1 heterocycles. The smallest absolute Gasteiger partial charge is 0.0637 e. The number of likely N-dealkylation sites (N-methyl/N-ethyl adjacent to an activating group) is 1. The minimum atomic E-state index is 0.737. The van der Waals surface area contributed by atoms with E-state index in [9.17, 15) is 0 Å². The van der Waals surface area contributed by atoms with Crippen LogP contribution in [-0.2, 0) is 11.3 Å². The summed E-state index contributed by atoms with van der Waals surface area (Å²) in [5.74, 6) is 0. The third-order valence-corrected chi connectivity index (χ3v) is 2.66. The summed E-state index contributed by atoms with van der Waals surface area (Å²) in [7, 11) is 3.81. The van der Waals surface area contributed by atoms with Gasteiger partial charge in [-0.15, -0.1) is 0 Å². The number of nitrogens with one attached hydrogen (secondary N) is 1. The van der Waals surface area contributed by atoms with Gasteiger partial charge in [0.05, 0.1) is 6.61 Å². The monoisotopic (exact) mass is 237 g/mol. The van der Waals surface area contributed by atoms with Gasteiger partial charge in [-0.05, 0) is 19.0 Å². The van der Waals surface area contributed by atoms with Gasteiger partial charge < -0.3 is 15.0 Å². The number of pyridine rings is 1. The van der Waals surface area contributed by atoms with Crippen LogP contribution in [0.5, 0.6) is 0 Å². The molecule has 4 heteroatoms. The number of methoxy groups -OCH3 is 1. The van der Waals surface area contributed by atoms with E-state index < -0.39 is 0 Å². The van der Waals surface area contributed by atoms with Gasteiger partial charge in [-0.25, -0.2) is 0 Å². The first-order valence-electron chi connectivity index (χ1n) is 6.13. The lowest BCUT2D eigenvalue weighted by Gasteiger charge is -2.21. The molecule has 0 saturated heterocycles. The van der Waals surface area contributed by atoms with E-state index in [-0.39, 0.29) is 0 Å². The molecular formula is C13H23N3O. The number of nitrogens with zero attached hydrogens (tertiary/aromatic N) is 2. The predicted molar refractivity (Wildman–Crippen MR) is 71.4 cm³/mol. The van der Waals surface area contributed by atoms with Gasteiger partial charge in [0, 0.05) is 50.9 Å². The lowest BCUT2D eigenvalue weighted by molar-refractivity contribution is 0.206. The van der Waals surface area contributed by atoms with Crippen molar-refractivity contribution in [2.24, 2.45) is 0 Å². The van der Waals surface area contributed by atoms with Crippen LogP contribution in [0.1, 0.15) is 18.9 Å². The second-order valence-electron chi connectivity index (χ2n) is 4.10. The van der Waals surface area contributed by atoms with Crippen molar-refractivity contribution in [3.63, 3.8) is 0 Å². The van der Waals surface area contributed by atoms with Crippen LogP contribution in [0.25, 0.3) is 0 Å². The molecule has 96 valence electrons. The van der Waals surface area contributed by atoms with E-state index in [4.69, 9.17) is 4.74 Å². The Kier molecular flexibility index (Phi) is 6.58. The maximum absolute atomic E-state index is 5.10. The molecule has 0 amide bonds. The zero-order valence-corrected chi connectivity index (χ0v) is 11.1. The Labute approximate surface area is 104 Å². The summed E-state index contributed by atoms with van der Waals surface area (Å²) in [6, 6.07) is 2.05. The average molecular weight is 237 g/mol. The number of hydrogen-bond acceptors (Lipinski definition) is 4. The number of anilines is 1. The van der Waals surface area contributed by atoms with Crippen molar-refractivity contribution in [3.8, 4) is 0 Å². The number of ether oxygens (including phenoxy) is 1. The van der Waals surface area contributed by atoms with Gasteiger partial charge in [0.1, 0.15) is 0 Å². The SMILES string of the molecule is CCCNCc1cnccc1N(C)CCOC. The maximum Gasteiger partial charge on any atom is 0.0637 e. The lowest BCUT2D eigenvalue weighted by atomic mass is 10.2. The summed E-state index contributed by atoms with van der Waals surface area (Å²) >= 11 is 0. The number of aromatic nitrogens is 1. The largest absolute Gasteiger partial charge is 0.383 e. The number of rotatable bonds is 8. The molecule has 0 aliphatic carbocycles. The van der Waals surface area contributed by atoms with Gasteiger partial charge in [-0.1, -0.05) is 6.92 Å². The van der Waals surface area contributed by atoms with Gasteiger partial charge in [0.25, 0.3) is 0 Å². The molecular weight excluding hydrogens is 214 g/mol. The van der Waals surface area contributed by atoms with Crippen LogP contribution in [0.3, 0.4) is 0 Å². The average Bonchev–Trinajstić information content (AvgIpc) is 2.37. The third kappa shape index (κ3) is 4.71. The van der Waals surface area contributed by atoms with E-state index in [1.54, 1.807) is 7.11 Å². The molecule has 0 fully saturated rings. The Morgan fingerprint density at radius 2 is 2.29 bits per heavy atom. The van der Waals surface area contributed by atoms with Crippen LogP contribution in [0.2, 0.25) is 0 Å². The van der Waals surface area contributed by atoms with Crippen molar-refractivity contribution in [2.45, 2.75) is 19.9 Å². The van der Waals surface area contributed by atoms with Crippen LogP contribution in [0.15, 0.2) is 18.5 Å². The first-order chi connectivity index (χ1) is 8.29. The summed E-state index contributed by atoms with van der Waals surface area (Å²) in [6.45, 7) is 5.70. The fourth-order valence-corrected chi connectivity index (χ4v) is 1.68. The highest BCUT2D eigenvalue weighted by atomic mass is 16.5. The molecule has 4 nitrogen and oxygen atoms in total. The molecule has 0 aliphatic heterocycles. The quantitative estimate of drug-likeness (QED) is 0.698. The van der Waals surface area contributed by atoms with Crippen molar-refractivity contribution < 1.29 is 4.74 Å². The molecule has 0 bridgehead atoms. The van der Waals surface area contributed by atoms with Gasteiger partial charge in [-0.3, -0.25) is 4.98 Å². The van der Waals surface area contributed by atoms with E-state index in [2.05, 4.69) is 35.2 Å². The normalized spacial score (nSPS) is 10.5. The zero-order valence-electron chi connectivity index (χ0n) is 11.1. The Bertz CT molecular complexity index is 317. The highest BCUT2D eigenvalue weighted by molar-refractivity contribution is 5.51. The second-order valence-corrected chi connectivity index (χ2v) is 4.10. The minimum Gasteiger partial charge on any atom is -0.383 e. The summed E-state index contributed by atoms with van der Waals surface area (Å²) in [5, 5.41) is 3.40. The predicted octanol–water partition coefficient (Wildman–Crippen LogP) is 1.66. The molecule has 17 heavy (non-hydrogen) atoms.